The number of nitrogen functional groups attached to an aromatic ring is 1. The molecule has 0 unspecified atom stereocenters. The summed E-state index contributed by atoms with van der Waals surface area (Å²) < 4.78 is 9.22. The first-order chi connectivity index (χ1) is 12.5. The molecule has 8 nitrogen and oxygen atoms in total. The van der Waals surface area contributed by atoms with Gasteiger partial charge in [-0.05, 0) is 30.7 Å². The van der Waals surface area contributed by atoms with E-state index < -0.39 is 0 Å². The van der Waals surface area contributed by atoms with E-state index in [1.165, 1.54) is 0 Å². The zero-order valence-corrected chi connectivity index (χ0v) is 14.9. The van der Waals surface area contributed by atoms with Crippen molar-refractivity contribution in [2.24, 2.45) is 7.05 Å². The normalized spacial score (nSPS) is 20.2. The van der Waals surface area contributed by atoms with Crippen molar-refractivity contribution in [2.45, 2.75) is 25.1 Å². The van der Waals surface area contributed by atoms with Gasteiger partial charge < -0.3 is 19.9 Å². The number of nitrogens with two attached hydrogens (primary N) is 1. The first-order valence-corrected chi connectivity index (χ1v) is 8.59. The van der Waals surface area contributed by atoms with Crippen molar-refractivity contribution in [3.05, 3.63) is 42.4 Å². The van der Waals surface area contributed by atoms with Gasteiger partial charge in [0.05, 0.1) is 36.1 Å². The van der Waals surface area contributed by atoms with Crippen LogP contribution in [0.15, 0.2) is 36.8 Å². The molecule has 1 aromatic carbocycles. The van der Waals surface area contributed by atoms with Gasteiger partial charge in [-0.15, -0.1) is 0 Å². The largest absolute Gasteiger partial charge is 0.382 e. The van der Waals surface area contributed by atoms with Crippen LogP contribution in [-0.2, 0) is 18.3 Å². The summed E-state index contributed by atoms with van der Waals surface area (Å²) in [6.07, 6.45) is 4.38. The summed E-state index contributed by atoms with van der Waals surface area (Å²) >= 11 is 0. The van der Waals surface area contributed by atoms with E-state index in [2.05, 4.69) is 10.1 Å². The molecule has 1 aliphatic heterocycles. The van der Waals surface area contributed by atoms with E-state index in [1.807, 2.05) is 40.9 Å². The standard InChI is InChI=1S/C18H22N6O2/c1-22-11-20-15-7-12(3-4-16(15)22)18(25)24-10-14(26-2)8-13(24)9-23-6-5-17(19)21-23/h3-7,11,13-14H,8-10H2,1-2H3,(H2,19,21)/t13-,14+/m0/s1. The molecule has 1 saturated heterocycles. The highest BCUT2D eigenvalue weighted by atomic mass is 16.5. The highest BCUT2D eigenvalue weighted by molar-refractivity contribution is 5.97. The molecule has 3 aromatic rings. The lowest BCUT2D eigenvalue weighted by Crippen LogP contribution is -2.38. The Bertz CT molecular complexity index is 946. The second-order valence-corrected chi connectivity index (χ2v) is 6.73. The van der Waals surface area contributed by atoms with Crippen LogP contribution >= 0.6 is 0 Å². The van der Waals surface area contributed by atoms with Crippen molar-refractivity contribution in [1.82, 2.24) is 24.2 Å². The molecular weight excluding hydrogens is 332 g/mol. The Balaban J connectivity index is 1.60. The van der Waals surface area contributed by atoms with Crippen LogP contribution in [0.4, 0.5) is 5.82 Å². The summed E-state index contributed by atoms with van der Waals surface area (Å²) in [4.78, 5) is 19.4. The van der Waals surface area contributed by atoms with Crippen molar-refractivity contribution in [2.75, 3.05) is 19.4 Å². The van der Waals surface area contributed by atoms with Crippen LogP contribution in [0.5, 0.6) is 0 Å². The monoisotopic (exact) mass is 354 g/mol. The first kappa shape index (κ1) is 16.6. The highest BCUT2D eigenvalue weighted by Crippen LogP contribution is 2.25. The zero-order valence-electron chi connectivity index (χ0n) is 14.9. The molecular formula is C18H22N6O2. The van der Waals surface area contributed by atoms with Crippen LogP contribution in [0, 0.1) is 0 Å². The molecule has 3 heterocycles. The van der Waals surface area contributed by atoms with Gasteiger partial charge in [-0.25, -0.2) is 4.98 Å². The number of amides is 1. The number of fused-ring (bicyclic) bond motifs is 1. The smallest absolute Gasteiger partial charge is 0.254 e. The maximum atomic E-state index is 13.1. The third kappa shape index (κ3) is 2.92. The van der Waals surface area contributed by atoms with Crippen molar-refractivity contribution in [1.29, 1.82) is 0 Å². The lowest BCUT2D eigenvalue weighted by atomic mass is 10.1. The molecule has 1 fully saturated rings. The number of ether oxygens (including phenoxy) is 1. The zero-order chi connectivity index (χ0) is 18.3. The molecule has 0 bridgehead atoms. The number of hydrogen-bond acceptors (Lipinski definition) is 5. The molecule has 2 N–H and O–H groups in total. The quantitative estimate of drug-likeness (QED) is 0.762. The summed E-state index contributed by atoms with van der Waals surface area (Å²) in [5.41, 5.74) is 8.16. The summed E-state index contributed by atoms with van der Waals surface area (Å²) in [6, 6.07) is 7.40. The van der Waals surface area contributed by atoms with E-state index in [0.717, 1.165) is 17.5 Å². The number of rotatable bonds is 4. The van der Waals surface area contributed by atoms with Gasteiger partial charge in [0.25, 0.3) is 5.91 Å². The Hall–Kier alpha value is -2.87. The van der Waals surface area contributed by atoms with Crippen LogP contribution in [0.3, 0.4) is 0 Å². The number of methoxy groups -OCH3 is 1. The second-order valence-electron chi connectivity index (χ2n) is 6.73. The molecule has 2 atom stereocenters. The maximum Gasteiger partial charge on any atom is 0.254 e. The highest BCUT2D eigenvalue weighted by Gasteiger charge is 2.36. The number of likely N-dealkylation sites (tertiary alicyclic amines) is 1. The van der Waals surface area contributed by atoms with Crippen molar-refractivity contribution >= 4 is 22.8 Å². The molecule has 0 radical (unpaired) electrons. The molecule has 2 aromatic heterocycles. The van der Waals surface area contributed by atoms with Gasteiger partial charge in [-0.3, -0.25) is 9.48 Å². The lowest BCUT2D eigenvalue weighted by Gasteiger charge is -2.24. The van der Waals surface area contributed by atoms with E-state index in [4.69, 9.17) is 10.5 Å². The van der Waals surface area contributed by atoms with Crippen LogP contribution in [0.1, 0.15) is 16.8 Å². The minimum Gasteiger partial charge on any atom is -0.382 e. The third-order valence-corrected chi connectivity index (χ3v) is 5.00. The molecule has 26 heavy (non-hydrogen) atoms. The SMILES string of the molecule is CO[C@@H]1C[C@@H](Cn2ccc(N)n2)N(C(=O)c2ccc3c(c2)ncn3C)C1. The minimum absolute atomic E-state index is 0.00572. The fourth-order valence-corrected chi connectivity index (χ4v) is 3.60. The average Bonchev–Trinajstić information content (AvgIpc) is 3.34. The first-order valence-electron chi connectivity index (χ1n) is 8.59. The summed E-state index contributed by atoms with van der Waals surface area (Å²) in [6.45, 7) is 1.16. The Morgan fingerprint density at radius 1 is 1.38 bits per heavy atom. The maximum absolute atomic E-state index is 13.1. The van der Waals surface area contributed by atoms with E-state index in [1.54, 1.807) is 24.2 Å². The van der Waals surface area contributed by atoms with Gasteiger partial charge in [0, 0.05) is 32.5 Å². The molecule has 0 saturated carbocycles. The number of nitrogens with zero attached hydrogens (tertiary/aromatic N) is 5. The molecule has 4 rings (SSSR count). The molecule has 136 valence electrons. The number of benzene rings is 1. The van der Waals surface area contributed by atoms with E-state index in [0.29, 0.717) is 24.5 Å². The topological polar surface area (TPSA) is 91.2 Å². The van der Waals surface area contributed by atoms with Crippen molar-refractivity contribution < 1.29 is 9.53 Å². The molecule has 1 aliphatic rings. The van der Waals surface area contributed by atoms with Gasteiger partial charge in [0.2, 0.25) is 0 Å². The number of hydrogen-bond donors (Lipinski definition) is 1. The van der Waals surface area contributed by atoms with Gasteiger partial charge >= 0.3 is 0 Å². The van der Waals surface area contributed by atoms with Crippen LogP contribution in [-0.4, -0.2) is 55.9 Å². The van der Waals surface area contributed by atoms with Crippen LogP contribution in [0.25, 0.3) is 11.0 Å². The Morgan fingerprint density at radius 2 is 2.23 bits per heavy atom. The third-order valence-electron chi connectivity index (χ3n) is 5.00. The predicted octanol–water partition coefficient (Wildman–Crippen LogP) is 1.28. The van der Waals surface area contributed by atoms with Gasteiger partial charge in [-0.2, -0.15) is 5.10 Å². The number of carbonyl (C=O) groups excluding carboxylic acids is 1. The predicted molar refractivity (Wildman–Crippen MR) is 97.6 cm³/mol. The fourth-order valence-electron chi connectivity index (χ4n) is 3.60. The number of carbonyl (C=O) groups is 1. The van der Waals surface area contributed by atoms with E-state index in [-0.39, 0.29) is 18.1 Å². The van der Waals surface area contributed by atoms with Gasteiger partial charge in [0.15, 0.2) is 0 Å². The Labute approximate surface area is 151 Å². The fraction of sp³-hybridized carbons (Fsp3) is 0.389. The number of imidazole rings is 1. The van der Waals surface area contributed by atoms with E-state index >= 15 is 0 Å². The van der Waals surface area contributed by atoms with Crippen LogP contribution in [0.2, 0.25) is 0 Å². The number of aromatic nitrogens is 4. The lowest BCUT2D eigenvalue weighted by molar-refractivity contribution is 0.0679. The average molecular weight is 354 g/mol. The van der Waals surface area contributed by atoms with E-state index in [9.17, 15) is 4.79 Å². The Morgan fingerprint density at radius 3 is 2.96 bits per heavy atom. The van der Waals surface area contributed by atoms with Crippen molar-refractivity contribution in [3.63, 3.8) is 0 Å². The molecule has 0 aliphatic carbocycles. The minimum atomic E-state index is -0.0118. The molecule has 1 amide bonds. The van der Waals surface area contributed by atoms with Crippen molar-refractivity contribution in [3.8, 4) is 0 Å². The summed E-state index contributed by atoms with van der Waals surface area (Å²) in [7, 11) is 3.62. The molecule has 0 spiro atoms. The van der Waals surface area contributed by atoms with Gasteiger partial charge in [0.1, 0.15) is 5.82 Å². The van der Waals surface area contributed by atoms with Gasteiger partial charge in [-0.1, -0.05) is 0 Å². The number of anilines is 1. The molecule has 8 heteroatoms. The van der Waals surface area contributed by atoms with Crippen LogP contribution < -0.4 is 5.73 Å². The summed E-state index contributed by atoms with van der Waals surface area (Å²) in [5.74, 6) is 0.465. The Kier molecular flexibility index (Phi) is 4.12. The second kappa shape index (κ2) is 6.45. The summed E-state index contributed by atoms with van der Waals surface area (Å²) in [5, 5.41) is 4.24. The number of aryl methyl sites for hydroxylation is 1.